The van der Waals surface area contributed by atoms with Crippen molar-refractivity contribution in [2.24, 2.45) is 4.99 Å². The average molecular weight is 148 g/mol. The molecule has 0 aliphatic heterocycles. The first-order chi connectivity index (χ1) is 5.36. The monoisotopic (exact) mass is 148 g/mol. The Labute approximate surface area is 67.0 Å². The van der Waals surface area contributed by atoms with Gasteiger partial charge in [-0.3, -0.25) is 9.98 Å². The largest absolute Gasteiger partial charge is 0.294 e. The molecular weight excluding hydrogens is 136 g/mol. The van der Waals surface area contributed by atoms with Gasteiger partial charge >= 0.3 is 0 Å². The lowest BCUT2D eigenvalue weighted by molar-refractivity contribution is 1.11. The Balaban J connectivity index is 2.91. The van der Waals surface area contributed by atoms with Gasteiger partial charge in [0.2, 0.25) is 0 Å². The number of aryl methyl sites for hydroxylation is 1. The Bertz CT molecular complexity index is 253. The second-order valence-electron chi connectivity index (χ2n) is 2.33. The van der Waals surface area contributed by atoms with Crippen molar-refractivity contribution in [1.29, 1.82) is 0 Å². The molecule has 0 saturated heterocycles. The molecule has 0 saturated carbocycles. The van der Waals surface area contributed by atoms with Crippen LogP contribution in [0, 0.1) is 0 Å². The van der Waals surface area contributed by atoms with Crippen LogP contribution in [-0.2, 0) is 6.42 Å². The normalized spacial score (nSPS) is 10.7. The SMILES string of the molecule is CCc1ccnc(C=NC)c1. The molecule has 11 heavy (non-hydrogen) atoms. The third-order valence-electron chi connectivity index (χ3n) is 1.52. The summed E-state index contributed by atoms with van der Waals surface area (Å²) in [7, 11) is 1.75. The molecule has 58 valence electrons. The fraction of sp³-hybridized carbons (Fsp3) is 0.333. The van der Waals surface area contributed by atoms with Gasteiger partial charge < -0.3 is 0 Å². The average Bonchev–Trinajstić information content (AvgIpc) is 2.06. The van der Waals surface area contributed by atoms with Gasteiger partial charge in [0.25, 0.3) is 0 Å². The van der Waals surface area contributed by atoms with Gasteiger partial charge in [-0.25, -0.2) is 0 Å². The third-order valence-corrected chi connectivity index (χ3v) is 1.52. The molecule has 0 spiro atoms. The molecule has 0 aromatic carbocycles. The van der Waals surface area contributed by atoms with Crippen LogP contribution in [0.25, 0.3) is 0 Å². The summed E-state index contributed by atoms with van der Waals surface area (Å²) < 4.78 is 0. The van der Waals surface area contributed by atoms with Crippen molar-refractivity contribution in [2.75, 3.05) is 7.05 Å². The van der Waals surface area contributed by atoms with Crippen molar-refractivity contribution in [2.45, 2.75) is 13.3 Å². The van der Waals surface area contributed by atoms with E-state index in [-0.39, 0.29) is 0 Å². The van der Waals surface area contributed by atoms with Crippen molar-refractivity contribution in [3.8, 4) is 0 Å². The molecule has 1 aromatic rings. The summed E-state index contributed by atoms with van der Waals surface area (Å²) in [4.78, 5) is 8.02. The summed E-state index contributed by atoms with van der Waals surface area (Å²) in [6.07, 6.45) is 4.63. The predicted octanol–water partition coefficient (Wildman–Crippen LogP) is 1.69. The van der Waals surface area contributed by atoms with Crippen LogP contribution in [0.3, 0.4) is 0 Å². The molecule has 0 aliphatic rings. The van der Waals surface area contributed by atoms with Crippen LogP contribution in [0.2, 0.25) is 0 Å². The number of pyridine rings is 1. The third kappa shape index (κ3) is 2.15. The predicted molar refractivity (Wildman–Crippen MR) is 47.1 cm³/mol. The van der Waals surface area contributed by atoms with Crippen molar-refractivity contribution in [3.63, 3.8) is 0 Å². The fourth-order valence-electron chi connectivity index (χ4n) is 0.917. The van der Waals surface area contributed by atoms with E-state index in [0.717, 1.165) is 12.1 Å². The summed E-state index contributed by atoms with van der Waals surface area (Å²) >= 11 is 0. The van der Waals surface area contributed by atoms with E-state index < -0.39 is 0 Å². The molecule has 0 aliphatic carbocycles. The molecular formula is C9H12N2. The summed E-state index contributed by atoms with van der Waals surface area (Å²) in [5.74, 6) is 0. The van der Waals surface area contributed by atoms with E-state index in [1.807, 2.05) is 18.3 Å². The maximum absolute atomic E-state index is 4.13. The molecule has 1 rings (SSSR count). The second-order valence-corrected chi connectivity index (χ2v) is 2.33. The molecule has 1 heterocycles. The van der Waals surface area contributed by atoms with Crippen LogP contribution in [0.1, 0.15) is 18.2 Å². The van der Waals surface area contributed by atoms with Crippen LogP contribution in [0.5, 0.6) is 0 Å². The minimum absolute atomic E-state index is 0.937. The summed E-state index contributed by atoms with van der Waals surface area (Å²) in [5, 5.41) is 0. The van der Waals surface area contributed by atoms with Crippen LogP contribution in [0.4, 0.5) is 0 Å². The lowest BCUT2D eigenvalue weighted by Gasteiger charge is -1.95. The fourth-order valence-corrected chi connectivity index (χ4v) is 0.917. The Morgan fingerprint density at radius 1 is 1.64 bits per heavy atom. The maximum Gasteiger partial charge on any atom is 0.0810 e. The molecule has 0 unspecified atom stereocenters. The number of nitrogens with zero attached hydrogens (tertiary/aromatic N) is 2. The van der Waals surface area contributed by atoms with Crippen molar-refractivity contribution in [3.05, 3.63) is 29.6 Å². The molecule has 0 radical (unpaired) electrons. The van der Waals surface area contributed by atoms with E-state index in [2.05, 4.69) is 16.9 Å². The minimum Gasteiger partial charge on any atom is -0.294 e. The highest BCUT2D eigenvalue weighted by Crippen LogP contribution is 1.99. The molecule has 1 aromatic heterocycles. The zero-order valence-corrected chi connectivity index (χ0v) is 6.91. The second kappa shape index (κ2) is 3.86. The first kappa shape index (κ1) is 7.92. The number of rotatable bonds is 2. The van der Waals surface area contributed by atoms with E-state index in [1.54, 1.807) is 13.3 Å². The Hall–Kier alpha value is -1.18. The summed E-state index contributed by atoms with van der Waals surface area (Å²) in [5.41, 5.74) is 2.24. The Kier molecular flexibility index (Phi) is 2.78. The Morgan fingerprint density at radius 3 is 3.09 bits per heavy atom. The van der Waals surface area contributed by atoms with Crippen LogP contribution >= 0.6 is 0 Å². The van der Waals surface area contributed by atoms with E-state index in [9.17, 15) is 0 Å². The highest BCUT2D eigenvalue weighted by molar-refractivity contribution is 5.76. The number of aliphatic imine (C=N–C) groups is 1. The van der Waals surface area contributed by atoms with Gasteiger partial charge in [-0.2, -0.15) is 0 Å². The van der Waals surface area contributed by atoms with Crippen LogP contribution < -0.4 is 0 Å². The first-order valence-electron chi connectivity index (χ1n) is 3.74. The summed E-state index contributed by atoms with van der Waals surface area (Å²) in [6.45, 7) is 2.13. The smallest absolute Gasteiger partial charge is 0.0810 e. The van der Waals surface area contributed by atoms with E-state index in [0.29, 0.717) is 0 Å². The quantitative estimate of drug-likeness (QED) is 0.586. The zero-order chi connectivity index (χ0) is 8.10. The van der Waals surface area contributed by atoms with Gasteiger partial charge in [-0.05, 0) is 24.1 Å². The first-order valence-corrected chi connectivity index (χ1v) is 3.74. The lowest BCUT2D eigenvalue weighted by Crippen LogP contribution is -1.89. The highest BCUT2D eigenvalue weighted by atomic mass is 14.7. The molecule has 0 amide bonds. The molecule has 2 nitrogen and oxygen atoms in total. The van der Waals surface area contributed by atoms with Crippen molar-refractivity contribution >= 4 is 6.21 Å². The van der Waals surface area contributed by atoms with Gasteiger partial charge in [0.1, 0.15) is 0 Å². The van der Waals surface area contributed by atoms with Gasteiger partial charge in [-0.15, -0.1) is 0 Å². The van der Waals surface area contributed by atoms with E-state index >= 15 is 0 Å². The van der Waals surface area contributed by atoms with Crippen molar-refractivity contribution in [1.82, 2.24) is 4.98 Å². The van der Waals surface area contributed by atoms with Gasteiger partial charge in [0, 0.05) is 19.5 Å². The van der Waals surface area contributed by atoms with Crippen molar-refractivity contribution < 1.29 is 0 Å². The van der Waals surface area contributed by atoms with Crippen LogP contribution in [-0.4, -0.2) is 18.2 Å². The van der Waals surface area contributed by atoms with Crippen LogP contribution in [0.15, 0.2) is 23.3 Å². The number of hydrogen-bond donors (Lipinski definition) is 0. The molecule has 0 fully saturated rings. The molecule has 0 bridgehead atoms. The summed E-state index contributed by atoms with van der Waals surface area (Å²) in [6, 6.07) is 4.07. The van der Waals surface area contributed by atoms with Gasteiger partial charge in [-0.1, -0.05) is 6.92 Å². The lowest BCUT2D eigenvalue weighted by atomic mass is 10.2. The molecule has 0 atom stereocenters. The van der Waals surface area contributed by atoms with E-state index in [4.69, 9.17) is 0 Å². The number of aromatic nitrogens is 1. The minimum atomic E-state index is 0.937. The van der Waals surface area contributed by atoms with Gasteiger partial charge in [0.15, 0.2) is 0 Å². The van der Waals surface area contributed by atoms with Gasteiger partial charge in [0.05, 0.1) is 5.69 Å². The molecule has 2 heteroatoms. The van der Waals surface area contributed by atoms with E-state index in [1.165, 1.54) is 5.56 Å². The highest BCUT2D eigenvalue weighted by Gasteiger charge is 1.90. The Morgan fingerprint density at radius 2 is 2.45 bits per heavy atom. The topological polar surface area (TPSA) is 25.2 Å². The molecule has 0 N–H and O–H groups in total. The number of hydrogen-bond acceptors (Lipinski definition) is 2. The standard InChI is InChI=1S/C9H12N2/c1-3-8-4-5-11-9(6-8)7-10-2/h4-7H,3H2,1-2H3. The maximum atomic E-state index is 4.13. The zero-order valence-electron chi connectivity index (χ0n) is 6.91.